The number of ether oxygens (including phenoxy) is 2. The highest BCUT2D eigenvalue weighted by atomic mass is 35.5. The van der Waals surface area contributed by atoms with Gasteiger partial charge in [-0.3, -0.25) is 14.2 Å². The maximum Gasteiger partial charge on any atom is 0.253 e. The van der Waals surface area contributed by atoms with Gasteiger partial charge in [0.2, 0.25) is 5.91 Å². The highest BCUT2D eigenvalue weighted by molar-refractivity contribution is 6.31. The van der Waals surface area contributed by atoms with Crippen molar-refractivity contribution in [3.05, 3.63) is 59.2 Å². The minimum atomic E-state index is -0.277. The van der Waals surface area contributed by atoms with Crippen LogP contribution in [0.1, 0.15) is 22.1 Å². The Kier molecular flexibility index (Phi) is 5.66. The number of halogens is 1. The molecule has 0 atom stereocenters. The largest absolute Gasteiger partial charge is 0.497 e. The molecule has 6 nitrogen and oxygen atoms in total. The van der Waals surface area contributed by atoms with Gasteiger partial charge in [0.05, 0.1) is 24.7 Å². The number of benzene rings is 2. The molecule has 3 aromatic rings. The average Bonchev–Trinajstić information content (AvgIpc) is 3.04. The summed E-state index contributed by atoms with van der Waals surface area (Å²) in [4.78, 5) is 24.4. The van der Waals surface area contributed by atoms with Crippen LogP contribution < -0.4 is 14.8 Å². The zero-order valence-electron chi connectivity index (χ0n) is 15.0. The lowest BCUT2D eigenvalue weighted by Gasteiger charge is -2.08. The molecule has 0 saturated carbocycles. The first-order chi connectivity index (χ1) is 13.0. The molecule has 1 heterocycles. The Morgan fingerprint density at radius 3 is 2.48 bits per heavy atom. The van der Waals surface area contributed by atoms with Crippen molar-refractivity contribution in [3.8, 4) is 11.5 Å². The monoisotopic (exact) mass is 386 g/mol. The quantitative estimate of drug-likeness (QED) is 0.655. The molecule has 1 amide bonds. The molecular weight excluding hydrogens is 368 g/mol. The molecule has 0 saturated heterocycles. The van der Waals surface area contributed by atoms with E-state index in [1.54, 1.807) is 49.6 Å². The lowest BCUT2D eigenvalue weighted by molar-refractivity contribution is 0.0941. The molecule has 0 radical (unpaired) electrons. The van der Waals surface area contributed by atoms with Crippen LogP contribution in [-0.4, -0.2) is 36.6 Å². The molecule has 1 N–H and O–H groups in total. The van der Waals surface area contributed by atoms with Gasteiger partial charge in [0.15, 0.2) is 0 Å². The fraction of sp³-hybridized carbons (Fsp3) is 0.200. The molecule has 0 bridgehead atoms. The molecule has 0 fully saturated rings. The summed E-state index contributed by atoms with van der Waals surface area (Å²) in [5.74, 6) is 0.968. The number of carbonyl (C=O) groups is 2. The Hall–Kier alpha value is -2.99. The fourth-order valence-electron chi connectivity index (χ4n) is 2.74. The summed E-state index contributed by atoms with van der Waals surface area (Å²) in [7, 11) is 1.60. The van der Waals surface area contributed by atoms with Gasteiger partial charge in [-0.1, -0.05) is 17.7 Å². The van der Waals surface area contributed by atoms with Crippen LogP contribution in [0, 0.1) is 0 Å². The Balaban J connectivity index is 1.65. The van der Waals surface area contributed by atoms with E-state index in [-0.39, 0.29) is 11.8 Å². The average molecular weight is 387 g/mol. The van der Waals surface area contributed by atoms with E-state index >= 15 is 0 Å². The third-order valence-electron chi connectivity index (χ3n) is 4.07. The van der Waals surface area contributed by atoms with Crippen molar-refractivity contribution >= 4 is 34.3 Å². The Labute approximate surface area is 161 Å². The fourth-order valence-corrected chi connectivity index (χ4v) is 2.91. The molecule has 27 heavy (non-hydrogen) atoms. The molecule has 1 aromatic heterocycles. The zero-order chi connectivity index (χ0) is 19.4. The lowest BCUT2D eigenvalue weighted by atomic mass is 10.1. The van der Waals surface area contributed by atoms with Gasteiger partial charge >= 0.3 is 0 Å². The van der Waals surface area contributed by atoms with Crippen molar-refractivity contribution in [2.24, 2.45) is 0 Å². The second-order valence-electron chi connectivity index (χ2n) is 5.87. The first kappa shape index (κ1) is 18.8. The number of nitrogens with zero attached hydrogens (tertiary/aromatic N) is 1. The van der Waals surface area contributed by atoms with Crippen LogP contribution in [0.25, 0.3) is 10.9 Å². The van der Waals surface area contributed by atoms with Gasteiger partial charge < -0.3 is 14.8 Å². The van der Waals surface area contributed by atoms with E-state index in [0.717, 1.165) is 5.75 Å². The molecule has 3 rings (SSSR count). The molecule has 2 aromatic carbocycles. The van der Waals surface area contributed by atoms with Crippen LogP contribution in [0.15, 0.2) is 48.7 Å². The van der Waals surface area contributed by atoms with Gasteiger partial charge in [-0.25, -0.2) is 0 Å². The summed E-state index contributed by atoms with van der Waals surface area (Å²) < 4.78 is 12.1. The van der Waals surface area contributed by atoms with E-state index in [1.807, 2.05) is 0 Å². The van der Waals surface area contributed by atoms with Crippen LogP contribution >= 0.6 is 11.6 Å². The minimum absolute atomic E-state index is 0.191. The van der Waals surface area contributed by atoms with Gasteiger partial charge in [-0.2, -0.15) is 0 Å². The summed E-state index contributed by atoms with van der Waals surface area (Å²) in [6, 6.07) is 12.3. The van der Waals surface area contributed by atoms with Crippen LogP contribution in [-0.2, 0) is 0 Å². The van der Waals surface area contributed by atoms with E-state index in [4.69, 9.17) is 21.1 Å². The van der Waals surface area contributed by atoms with Crippen molar-refractivity contribution in [1.82, 2.24) is 9.88 Å². The van der Waals surface area contributed by atoms with Crippen molar-refractivity contribution in [2.75, 3.05) is 20.3 Å². The summed E-state index contributed by atoms with van der Waals surface area (Å²) >= 11 is 6.01. The van der Waals surface area contributed by atoms with E-state index in [9.17, 15) is 9.59 Å². The number of hydrogen-bond acceptors (Lipinski definition) is 4. The van der Waals surface area contributed by atoms with Crippen molar-refractivity contribution < 1.29 is 19.1 Å². The van der Waals surface area contributed by atoms with Crippen molar-refractivity contribution in [3.63, 3.8) is 0 Å². The SMILES string of the molecule is COc1ccc(OCCNC(=O)c2cn(C(C)=O)c3cc(Cl)ccc23)cc1. The number of nitrogens with one attached hydrogen (secondary N) is 1. The Morgan fingerprint density at radius 1 is 1.11 bits per heavy atom. The molecular formula is C20H19ClN2O4. The molecule has 0 spiro atoms. The maximum atomic E-state index is 12.5. The summed E-state index contributed by atoms with van der Waals surface area (Å²) in [6.07, 6.45) is 1.53. The minimum Gasteiger partial charge on any atom is -0.497 e. The van der Waals surface area contributed by atoms with Crippen LogP contribution in [0.4, 0.5) is 0 Å². The van der Waals surface area contributed by atoms with E-state index in [1.165, 1.54) is 17.7 Å². The van der Waals surface area contributed by atoms with E-state index < -0.39 is 0 Å². The number of methoxy groups -OCH3 is 1. The first-order valence-corrected chi connectivity index (χ1v) is 8.74. The number of fused-ring (bicyclic) bond motifs is 1. The number of rotatable bonds is 6. The van der Waals surface area contributed by atoms with Gasteiger partial charge in [0.25, 0.3) is 5.91 Å². The highest BCUT2D eigenvalue weighted by Gasteiger charge is 2.16. The third-order valence-corrected chi connectivity index (χ3v) is 4.30. The number of aromatic nitrogens is 1. The molecule has 7 heteroatoms. The number of hydrogen-bond donors (Lipinski definition) is 1. The molecule has 0 unspecified atom stereocenters. The van der Waals surface area contributed by atoms with Gasteiger partial charge in [0, 0.05) is 23.5 Å². The summed E-state index contributed by atoms with van der Waals surface area (Å²) in [6.45, 7) is 2.07. The predicted octanol–water partition coefficient (Wildman–Crippen LogP) is 3.77. The zero-order valence-corrected chi connectivity index (χ0v) is 15.7. The molecule has 140 valence electrons. The normalized spacial score (nSPS) is 10.6. The first-order valence-electron chi connectivity index (χ1n) is 8.36. The van der Waals surface area contributed by atoms with Gasteiger partial charge in [-0.05, 0) is 36.4 Å². The molecule has 0 aliphatic rings. The number of amides is 1. The second-order valence-corrected chi connectivity index (χ2v) is 6.31. The van der Waals surface area contributed by atoms with Gasteiger partial charge in [0.1, 0.15) is 18.1 Å². The topological polar surface area (TPSA) is 69.6 Å². The van der Waals surface area contributed by atoms with Crippen molar-refractivity contribution in [2.45, 2.75) is 6.92 Å². The smallest absolute Gasteiger partial charge is 0.253 e. The standard InChI is InChI=1S/C20H19ClN2O4/c1-13(24)23-12-18(17-8-3-14(21)11-19(17)23)20(25)22-9-10-27-16-6-4-15(26-2)5-7-16/h3-8,11-12H,9-10H2,1-2H3,(H,22,25). The number of carbonyl (C=O) groups excluding carboxylic acids is 2. The lowest BCUT2D eigenvalue weighted by Crippen LogP contribution is -2.28. The van der Waals surface area contributed by atoms with Crippen LogP contribution in [0.3, 0.4) is 0 Å². The Bertz CT molecular complexity index is 980. The highest BCUT2D eigenvalue weighted by Crippen LogP contribution is 2.25. The summed E-state index contributed by atoms with van der Waals surface area (Å²) in [5, 5.41) is 3.98. The maximum absolute atomic E-state index is 12.5. The van der Waals surface area contributed by atoms with Crippen LogP contribution in [0.2, 0.25) is 5.02 Å². The second kappa shape index (κ2) is 8.14. The third kappa shape index (κ3) is 4.23. The van der Waals surface area contributed by atoms with Gasteiger partial charge in [-0.15, -0.1) is 0 Å². The van der Waals surface area contributed by atoms with E-state index in [2.05, 4.69) is 5.32 Å². The Morgan fingerprint density at radius 2 is 1.81 bits per heavy atom. The summed E-state index contributed by atoms with van der Waals surface area (Å²) in [5.41, 5.74) is 1.02. The van der Waals surface area contributed by atoms with Crippen LogP contribution in [0.5, 0.6) is 11.5 Å². The van der Waals surface area contributed by atoms with E-state index in [0.29, 0.717) is 40.4 Å². The van der Waals surface area contributed by atoms with Crippen molar-refractivity contribution in [1.29, 1.82) is 0 Å². The predicted molar refractivity (Wildman–Crippen MR) is 104 cm³/mol. The molecule has 0 aliphatic carbocycles. The molecule has 0 aliphatic heterocycles.